The topological polar surface area (TPSA) is 66.7 Å². The fraction of sp³-hybridized carbons (Fsp3) is 0.375. The Morgan fingerprint density at radius 2 is 1.75 bits per heavy atom. The van der Waals surface area contributed by atoms with E-state index in [0.29, 0.717) is 10.8 Å². The first-order valence-corrected chi connectivity index (χ1v) is 13.6. The molecular weight excluding hydrogens is 442 g/mol. The van der Waals surface area contributed by atoms with E-state index in [1.807, 2.05) is 61.2 Å². The molecule has 3 aromatic rings. The van der Waals surface area contributed by atoms with Crippen LogP contribution < -0.4 is 4.90 Å². The van der Waals surface area contributed by atoms with E-state index in [4.69, 9.17) is 4.52 Å². The number of aromatic nitrogens is 1. The zero-order valence-corrected chi connectivity index (χ0v) is 19.7. The van der Waals surface area contributed by atoms with Crippen molar-refractivity contribution in [3.63, 3.8) is 0 Å². The molecule has 6 nitrogen and oxygen atoms in total. The average Bonchev–Trinajstić information content (AvgIpc) is 3.57. The number of rotatable bonds is 7. The van der Waals surface area contributed by atoms with Crippen molar-refractivity contribution in [3.8, 4) is 11.3 Å². The summed E-state index contributed by atoms with van der Waals surface area (Å²) in [6.45, 7) is 3.96. The summed E-state index contributed by atoms with van der Waals surface area (Å²) < 4.78 is 34.8. The van der Waals surface area contributed by atoms with Crippen LogP contribution in [0.15, 0.2) is 64.0 Å². The van der Waals surface area contributed by atoms with Gasteiger partial charge in [0.25, 0.3) is 0 Å². The fourth-order valence-electron chi connectivity index (χ4n) is 4.06. The Kier molecular flexibility index (Phi) is 6.01. The zero-order valence-electron chi connectivity index (χ0n) is 18.1. The smallest absolute Gasteiger partial charge is 0.243 e. The second-order valence-corrected chi connectivity index (χ2v) is 11.5. The molecule has 32 heavy (non-hydrogen) atoms. The molecule has 2 fully saturated rings. The van der Waals surface area contributed by atoms with E-state index in [9.17, 15) is 8.42 Å². The van der Waals surface area contributed by atoms with Crippen LogP contribution in [0.25, 0.3) is 11.3 Å². The Hall–Kier alpha value is -2.29. The summed E-state index contributed by atoms with van der Waals surface area (Å²) in [5.41, 5.74) is 3.55. The second-order valence-electron chi connectivity index (χ2n) is 8.37. The first-order valence-electron chi connectivity index (χ1n) is 11.0. The van der Waals surface area contributed by atoms with E-state index in [1.54, 1.807) is 16.4 Å². The third-order valence-corrected chi connectivity index (χ3v) is 8.86. The summed E-state index contributed by atoms with van der Waals surface area (Å²) in [5.74, 6) is 2.75. The van der Waals surface area contributed by atoms with Crippen LogP contribution in [0, 0.1) is 6.92 Å². The first-order chi connectivity index (χ1) is 15.5. The van der Waals surface area contributed by atoms with Crippen LogP contribution >= 0.6 is 11.8 Å². The fourth-order valence-corrected chi connectivity index (χ4v) is 6.61. The molecule has 0 bridgehead atoms. The van der Waals surface area contributed by atoms with E-state index in [1.165, 1.54) is 0 Å². The largest absolute Gasteiger partial charge is 0.339 e. The summed E-state index contributed by atoms with van der Waals surface area (Å²) in [6.07, 6.45) is 1.76. The number of sulfonamides is 1. The standard InChI is InChI=1S/C24H27N3O3S2/c1-18-7-11-21(12-8-18)32(28,29)27(20-9-10-20)17-22-23(19-5-3-2-4-6-19)25-30-24(22)26-13-15-31-16-14-26/h2-8,11-12,20H,9-10,13-17H2,1H3. The minimum atomic E-state index is -3.64. The van der Waals surface area contributed by atoms with Gasteiger partial charge in [-0.05, 0) is 31.9 Å². The number of benzene rings is 2. The summed E-state index contributed by atoms with van der Waals surface area (Å²) >= 11 is 1.92. The van der Waals surface area contributed by atoms with Gasteiger partial charge < -0.3 is 9.42 Å². The highest BCUT2D eigenvalue weighted by Gasteiger charge is 2.40. The first kappa shape index (κ1) is 21.6. The molecule has 2 aliphatic rings. The molecule has 2 aromatic carbocycles. The zero-order chi connectivity index (χ0) is 22.1. The number of aryl methyl sites for hydroxylation is 1. The maximum Gasteiger partial charge on any atom is 0.243 e. The van der Waals surface area contributed by atoms with E-state index in [-0.39, 0.29) is 12.6 Å². The molecule has 1 aliphatic carbocycles. The van der Waals surface area contributed by atoms with Crippen LogP contribution in [0.3, 0.4) is 0 Å². The van der Waals surface area contributed by atoms with Crippen molar-refractivity contribution in [1.82, 2.24) is 9.46 Å². The maximum atomic E-state index is 13.6. The Morgan fingerprint density at radius 1 is 1.06 bits per heavy atom. The van der Waals surface area contributed by atoms with Crippen molar-refractivity contribution in [2.24, 2.45) is 0 Å². The summed E-state index contributed by atoms with van der Waals surface area (Å²) in [7, 11) is -3.64. The predicted octanol–water partition coefficient (Wildman–Crippen LogP) is 4.56. The number of hydrogen-bond donors (Lipinski definition) is 0. The number of hydrogen-bond acceptors (Lipinski definition) is 6. The number of anilines is 1. The molecule has 0 radical (unpaired) electrons. The third kappa shape index (κ3) is 4.31. The highest BCUT2D eigenvalue weighted by atomic mass is 32.2. The van der Waals surface area contributed by atoms with Crippen LogP contribution in [0.4, 0.5) is 5.88 Å². The molecule has 1 aromatic heterocycles. The van der Waals surface area contributed by atoms with E-state index in [2.05, 4.69) is 10.1 Å². The van der Waals surface area contributed by atoms with Crippen LogP contribution in [0.5, 0.6) is 0 Å². The van der Waals surface area contributed by atoms with Gasteiger partial charge in [0.1, 0.15) is 5.69 Å². The minimum Gasteiger partial charge on any atom is -0.339 e. The number of thioether (sulfide) groups is 1. The molecule has 1 aliphatic heterocycles. The van der Waals surface area contributed by atoms with Gasteiger partial charge in [-0.3, -0.25) is 0 Å². The van der Waals surface area contributed by atoms with Gasteiger partial charge in [0, 0.05) is 42.7 Å². The molecule has 168 valence electrons. The van der Waals surface area contributed by atoms with Gasteiger partial charge >= 0.3 is 0 Å². The highest BCUT2D eigenvalue weighted by Crippen LogP contribution is 2.39. The molecule has 0 amide bonds. The molecular formula is C24H27N3O3S2. The Labute approximate surface area is 193 Å². The minimum absolute atomic E-state index is 0.0181. The van der Waals surface area contributed by atoms with Gasteiger partial charge in [-0.15, -0.1) is 0 Å². The van der Waals surface area contributed by atoms with Crippen LogP contribution in [0.2, 0.25) is 0 Å². The summed E-state index contributed by atoms with van der Waals surface area (Å²) in [6, 6.07) is 17.0. The normalized spacial score (nSPS) is 17.1. The number of nitrogens with zero attached hydrogens (tertiary/aromatic N) is 3. The van der Waals surface area contributed by atoms with E-state index < -0.39 is 10.0 Å². The Balaban J connectivity index is 1.56. The molecule has 0 N–H and O–H groups in total. The lowest BCUT2D eigenvalue weighted by Gasteiger charge is -2.28. The molecule has 1 saturated heterocycles. The van der Waals surface area contributed by atoms with Crippen molar-refractivity contribution in [3.05, 3.63) is 65.7 Å². The van der Waals surface area contributed by atoms with Gasteiger partial charge in [0.15, 0.2) is 0 Å². The van der Waals surface area contributed by atoms with Crippen molar-refractivity contribution < 1.29 is 12.9 Å². The lowest BCUT2D eigenvalue weighted by atomic mass is 10.1. The monoisotopic (exact) mass is 469 g/mol. The van der Waals surface area contributed by atoms with Gasteiger partial charge in [0.05, 0.1) is 10.5 Å². The van der Waals surface area contributed by atoms with Crippen molar-refractivity contribution in [2.45, 2.75) is 37.2 Å². The molecule has 0 atom stereocenters. The van der Waals surface area contributed by atoms with Crippen LogP contribution in [0.1, 0.15) is 24.0 Å². The SMILES string of the molecule is Cc1ccc(S(=O)(=O)N(Cc2c(-c3ccccc3)noc2N2CCSCC2)C2CC2)cc1. The average molecular weight is 470 g/mol. The molecule has 1 saturated carbocycles. The molecule has 2 heterocycles. The van der Waals surface area contributed by atoms with Crippen LogP contribution in [-0.4, -0.2) is 48.5 Å². The summed E-state index contributed by atoms with van der Waals surface area (Å²) in [4.78, 5) is 2.54. The second kappa shape index (κ2) is 8.92. The van der Waals surface area contributed by atoms with Crippen molar-refractivity contribution in [2.75, 3.05) is 29.5 Å². The van der Waals surface area contributed by atoms with Gasteiger partial charge in [0.2, 0.25) is 15.9 Å². The van der Waals surface area contributed by atoms with Crippen LogP contribution in [-0.2, 0) is 16.6 Å². The van der Waals surface area contributed by atoms with Crippen molar-refractivity contribution >= 4 is 27.7 Å². The van der Waals surface area contributed by atoms with E-state index in [0.717, 1.165) is 59.8 Å². The quantitative estimate of drug-likeness (QED) is 0.506. The molecule has 5 rings (SSSR count). The van der Waals surface area contributed by atoms with E-state index >= 15 is 0 Å². The Morgan fingerprint density at radius 3 is 2.41 bits per heavy atom. The van der Waals surface area contributed by atoms with Gasteiger partial charge in [-0.25, -0.2) is 8.42 Å². The van der Waals surface area contributed by atoms with Gasteiger partial charge in [-0.1, -0.05) is 53.2 Å². The molecule has 0 spiro atoms. The molecule has 8 heteroatoms. The molecule has 0 unspecified atom stereocenters. The summed E-state index contributed by atoms with van der Waals surface area (Å²) in [5, 5.41) is 4.42. The maximum absolute atomic E-state index is 13.6. The highest BCUT2D eigenvalue weighted by molar-refractivity contribution is 7.99. The van der Waals surface area contributed by atoms with Gasteiger partial charge in [-0.2, -0.15) is 16.1 Å². The Bertz CT molecular complexity index is 1170. The lowest BCUT2D eigenvalue weighted by molar-refractivity contribution is 0.392. The van der Waals surface area contributed by atoms with Crippen molar-refractivity contribution in [1.29, 1.82) is 0 Å². The third-order valence-electron chi connectivity index (χ3n) is 6.01. The predicted molar refractivity (Wildman–Crippen MR) is 128 cm³/mol. The lowest BCUT2D eigenvalue weighted by Crippen LogP contribution is -2.35.